The van der Waals surface area contributed by atoms with E-state index in [0.29, 0.717) is 25.7 Å². The number of carbonyl (C=O) groups is 1. The lowest BCUT2D eigenvalue weighted by atomic mass is 9.94. The number of nitrogens with one attached hydrogen (secondary N) is 1. The van der Waals surface area contributed by atoms with Crippen LogP contribution in [0.15, 0.2) is 23.1 Å². The van der Waals surface area contributed by atoms with Crippen LogP contribution in [0.4, 0.5) is 4.39 Å². The zero-order chi connectivity index (χ0) is 15.6. The fraction of sp³-hybridized carbons (Fsp3) is 0.462. The molecule has 1 aromatic carbocycles. The van der Waals surface area contributed by atoms with Crippen molar-refractivity contribution < 1.29 is 27.8 Å². The Bertz CT molecular complexity index is 638. The molecule has 1 aliphatic carbocycles. The number of hydrogen-bond acceptors (Lipinski definition) is 4. The van der Waals surface area contributed by atoms with Crippen molar-refractivity contribution in [1.82, 2.24) is 4.72 Å². The normalized spacial score (nSPS) is 23.0. The number of benzene rings is 1. The highest BCUT2D eigenvalue weighted by Gasteiger charge is 2.27. The minimum Gasteiger partial charge on any atom is -0.478 e. The fourth-order valence-electron chi connectivity index (χ4n) is 2.32. The van der Waals surface area contributed by atoms with Crippen molar-refractivity contribution in [3.05, 3.63) is 29.6 Å². The van der Waals surface area contributed by atoms with Crippen molar-refractivity contribution in [2.75, 3.05) is 0 Å². The Morgan fingerprint density at radius 1 is 1.24 bits per heavy atom. The zero-order valence-corrected chi connectivity index (χ0v) is 11.9. The molecule has 0 spiro atoms. The summed E-state index contributed by atoms with van der Waals surface area (Å²) in [5, 5.41) is 18.2. The van der Waals surface area contributed by atoms with E-state index in [2.05, 4.69) is 4.72 Å². The first kappa shape index (κ1) is 15.9. The number of sulfonamides is 1. The second-order valence-electron chi connectivity index (χ2n) is 5.08. The second-order valence-corrected chi connectivity index (χ2v) is 6.76. The molecule has 1 aliphatic rings. The largest absolute Gasteiger partial charge is 0.478 e. The molecule has 0 amide bonds. The van der Waals surface area contributed by atoms with E-state index < -0.39 is 32.8 Å². The molecule has 3 N–H and O–H groups in total. The van der Waals surface area contributed by atoms with Gasteiger partial charge in [0.15, 0.2) is 0 Å². The summed E-state index contributed by atoms with van der Waals surface area (Å²) in [6.07, 6.45) is 1.44. The van der Waals surface area contributed by atoms with Crippen LogP contribution < -0.4 is 4.72 Å². The zero-order valence-electron chi connectivity index (χ0n) is 11.1. The molecule has 1 saturated carbocycles. The van der Waals surface area contributed by atoms with E-state index in [1.807, 2.05) is 0 Å². The number of aromatic carboxylic acids is 1. The van der Waals surface area contributed by atoms with E-state index in [1.165, 1.54) is 0 Å². The lowest BCUT2D eigenvalue weighted by Crippen LogP contribution is -2.38. The van der Waals surface area contributed by atoms with E-state index in [-0.39, 0.29) is 11.6 Å². The molecular formula is C13H16FNO5S. The lowest BCUT2D eigenvalue weighted by molar-refractivity contribution is 0.0696. The van der Waals surface area contributed by atoms with Gasteiger partial charge in [0.2, 0.25) is 10.0 Å². The minimum atomic E-state index is -4.13. The molecule has 0 radical (unpaired) electrons. The monoisotopic (exact) mass is 317 g/mol. The minimum absolute atomic E-state index is 0.296. The third-order valence-electron chi connectivity index (χ3n) is 3.49. The summed E-state index contributed by atoms with van der Waals surface area (Å²) in [6, 6.07) is 2.25. The van der Waals surface area contributed by atoms with Crippen LogP contribution in [-0.4, -0.2) is 36.7 Å². The Labute approximate surface area is 121 Å². The first-order chi connectivity index (χ1) is 9.79. The maximum atomic E-state index is 13.7. The van der Waals surface area contributed by atoms with Gasteiger partial charge in [-0.3, -0.25) is 0 Å². The fourth-order valence-corrected chi connectivity index (χ4v) is 3.73. The average Bonchev–Trinajstić information content (AvgIpc) is 2.41. The maximum Gasteiger partial charge on any atom is 0.335 e. The summed E-state index contributed by atoms with van der Waals surface area (Å²) in [7, 11) is -4.13. The number of hydrogen-bond donors (Lipinski definition) is 3. The Balaban J connectivity index is 2.23. The van der Waals surface area contributed by atoms with Gasteiger partial charge in [-0.05, 0) is 43.9 Å². The van der Waals surface area contributed by atoms with Gasteiger partial charge in [-0.1, -0.05) is 0 Å². The van der Waals surface area contributed by atoms with Crippen LogP contribution in [0.5, 0.6) is 0 Å². The third kappa shape index (κ3) is 3.78. The number of rotatable bonds is 4. The molecule has 1 aromatic rings. The summed E-state index contributed by atoms with van der Waals surface area (Å²) >= 11 is 0. The Kier molecular flexibility index (Phi) is 4.60. The predicted octanol–water partition coefficient (Wildman–Crippen LogP) is 1.11. The molecule has 0 bridgehead atoms. The van der Waals surface area contributed by atoms with Crippen molar-refractivity contribution in [3.63, 3.8) is 0 Å². The van der Waals surface area contributed by atoms with Crippen LogP contribution in [0.25, 0.3) is 0 Å². The first-order valence-corrected chi connectivity index (χ1v) is 8.01. The molecular weight excluding hydrogens is 301 g/mol. The first-order valence-electron chi connectivity index (χ1n) is 6.53. The van der Waals surface area contributed by atoms with Gasteiger partial charge >= 0.3 is 5.97 Å². The van der Waals surface area contributed by atoms with Crippen LogP contribution in [0.2, 0.25) is 0 Å². The SMILES string of the molecule is O=C(O)c1ccc(F)c(S(=O)(=O)NC2CCC(O)CC2)c1. The highest BCUT2D eigenvalue weighted by molar-refractivity contribution is 7.89. The van der Waals surface area contributed by atoms with Crippen LogP contribution in [0.3, 0.4) is 0 Å². The van der Waals surface area contributed by atoms with Crippen molar-refractivity contribution in [2.24, 2.45) is 0 Å². The second kappa shape index (κ2) is 6.08. The van der Waals surface area contributed by atoms with Crippen LogP contribution >= 0.6 is 0 Å². The number of aliphatic hydroxyl groups is 1. The number of carboxylic acid groups (broad SMARTS) is 1. The molecule has 0 unspecified atom stereocenters. The van der Waals surface area contributed by atoms with E-state index >= 15 is 0 Å². The highest BCUT2D eigenvalue weighted by atomic mass is 32.2. The molecule has 0 heterocycles. The van der Waals surface area contributed by atoms with Gasteiger partial charge in [0.05, 0.1) is 11.7 Å². The predicted molar refractivity (Wildman–Crippen MR) is 71.9 cm³/mol. The molecule has 0 aliphatic heterocycles. The van der Waals surface area contributed by atoms with Gasteiger partial charge in [-0.15, -0.1) is 0 Å². The summed E-state index contributed by atoms with van der Waals surface area (Å²) in [5.41, 5.74) is -0.296. The smallest absolute Gasteiger partial charge is 0.335 e. The Hall–Kier alpha value is -1.51. The molecule has 116 valence electrons. The quantitative estimate of drug-likeness (QED) is 0.771. The Morgan fingerprint density at radius 3 is 2.43 bits per heavy atom. The summed E-state index contributed by atoms with van der Waals surface area (Å²) in [6.45, 7) is 0. The summed E-state index contributed by atoms with van der Waals surface area (Å²) < 4.78 is 40.4. The molecule has 0 saturated heterocycles. The van der Waals surface area contributed by atoms with Gasteiger partial charge in [0, 0.05) is 6.04 Å². The lowest BCUT2D eigenvalue weighted by Gasteiger charge is -2.26. The van der Waals surface area contributed by atoms with Gasteiger partial charge < -0.3 is 10.2 Å². The summed E-state index contributed by atoms with van der Waals surface area (Å²) in [4.78, 5) is 10.2. The Morgan fingerprint density at radius 2 is 1.86 bits per heavy atom. The van der Waals surface area contributed by atoms with Crippen LogP contribution in [0, 0.1) is 5.82 Å². The average molecular weight is 317 g/mol. The maximum absolute atomic E-state index is 13.7. The molecule has 0 aromatic heterocycles. The van der Waals surface area contributed by atoms with E-state index in [4.69, 9.17) is 5.11 Å². The molecule has 6 nitrogen and oxygen atoms in total. The number of carboxylic acids is 1. The molecule has 8 heteroatoms. The van der Waals surface area contributed by atoms with Gasteiger partial charge in [0.1, 0.15) is 10.7 Å². The molecule has 2 rings (SSSR count). The number of aliphatic hydroxyl groups excluding tert-OH is 1. The van der Waals surface area contributed by atoms with E-state index in [9.17, 15) is 22.7 Å². The van der Waals surface area contributed by atoms with Crippen LogP contribution in [-0.2, 0) is 10.0 Å². The molecule has 21 heavy (non-hydrogen) atoms. The van der Waals surface area contributed by atoms with Crippen molar-refractivity contribution >= 4 is 16.0 Å². The number of halogens is 1. The van der Waals surface area contributed by atoms with E-state index in [0.717, 1.165) is 18.2 Å². The summed E-state index contributed by atoms with van der Waals surface area (Å²) in [5.74, 6) is -2.32. The van der Waals surface area contributed by atoms with Crippen molar-refractivity contribution in [2.45, 2.75) is 42.7 Å². The topological polar surface area (TPSA) is 104 Å². The van der Waals surface area contributed by atoms with E-state index in [1.54, 1.807) is 0 Å². The molecule has 0 atom stereocenters. The van der Waals surface area contributed by atoms with Crippen LogP contribution in [0.1, 0.15) is 36.0 Å². The third-order valence-corrected chi connectivity index (χ3v) is 5.02. The standard InChI is InChI=1S/C13H16FNO5S/c14-11-6-1-8(13(17)18)7-12(11)21(19,20)15-9-2-4-10(16)5-3-9/h1,6-7,9-10,15-16H,2-5H2,(H,17,18). The van der Waals surface area contributed by atoms with Crippen molar-refractivity contribution in [3.8, 4) is 0 Å². The van der Waals surface area contributed by atoms with Gasteiger partial charge in [-0.25, -0.2) is 22.3 Å². The van der Waals surface area contributed by atoms with Gasteiger partial charge in [-0.2, -0.15) is 0 Å². The highest BCUT2D eigenvalue weighted by Crippen LogP contribution is 2.22. The molecule has 1 fully saturated rings. The van der Waals surface area contributed by atoms with Gasteiger partial charge in [0.25, 0.3) is 0 Å². The van der Waals surface area contributed by atoms with Crippen molar-refractivity contribution in [1.29, 1.82) is 0 Å².